The first-order valence-corrected chi connectivity index (χ1v) is 5.39. The minimum absolute atomic E-state index is 0.0289. The maximum atomic E-state index is 9.56. The van der Waals surface area contributed by atoms with Crippen molar-refractivity contribution in [2.45, 2.75) is 6.92 Å². The maximum Gasteiger partial charge on any atom is 0.466 e. The van der Waals surface area contributed by atoms with Gasteiger partial charge in [-0.2, -0.15) is 8.42 Å². The molecule has 0 aliphatic heterocycles. The van der Waals surface area contributed by atoms with Crippen LogP contribution in [0.3, 0.4) is 0 Å². The van der Waals surface area contributed by atoms with Crippen LogP contribution >= 0.6 is 7.82 Å². The van der Waals surface area contributed by atoms with E-state index in [0.29, 0.717) is 0 Å². The lowest BCUT2D eigenvalue weighted by Gasteiger charge is -1.88. The zero-order chi connectivity index (χ0) is 10.4. The fourth-order valence-corrected chi connectivity index (χ4v) is 0.447. The van der Waals surface area contributed by atoms with Crippen LogP contribution in [0.1, 0.15) is 6.92 Å². The monoisotopic (exact) mass is 224 g/mol. The minimum atomic E-state index is -4.64. The van der Waals surface area contributed by atoms with Crippen molar-refractivity contribution in [3.05, 3.63) is 0 Å². The third-order valence-electron chi connectivity index (χ3n) is 0.267. The Morgan fingerprint density at radius 2 is 1.58 bits per heavy atom. The summed E-state index contributed by atoms with van der Waals surface area (Å²) in [7, 11) is -8.81. The molecular formula is C2H9O8PS. The molecule has 10 heteroatoms. The van der Waals surface area contributed by atoms with E-state index in [0.717, 1.165) is 0 Å². The van der Waals surface area contributed by atoms with Gasteiger partial charge in [0.25, 0.3) is 0 Å². The van der Waals surface area contributed by atoms with E-state index >= 15 is 0 Å². The third-order valence-corrected chi connectivity index (χ3v) is 0.800. The Bertz CT molecular complexity index is 228. The molecule has 12 heavy (non-hydrogen) atoms. The van der Waals surface area contributed by atoms with Gasteiger partial charge in [-0.05, 0) is 6.92 Å². The van der Waals surface area contributed by atoms with Gasteiger partial charge >= 0.3 is 18.2 Å². The van der Waals surface area contributed by atoms with Gasteiger partial charge in [-0.3, -0.25) is 4.55 Å². The van der Waals surface area contributed by atoms with Crippen LogP contribution in [0.15, 0.2) is 0 Å². The first-order valence-electron chi connectivity index (χ1n) is 2.46. The molecule has 0 saturated carbocycles. The highest BCUT2D eigenvalue weighted by Crippen LogP contribution is 2.25. The quantitative estimate of drug-likeness (QED) is 0.342. The molecule has 76 valence electrons. The summed E-state index contributed by atoms with van der Waals surface area (Å²) in [5, 5.41) is 0. The average Bonchev–Trinajstić information content (AvgIpc) is 1.54. The fourth-order valence-electron chi connectivity index (χ4n) is 0.149. The van der Waals surface area contributed by atoms with Gasteiger partial charge in [-0.25, -0.2) is 8.75 Å². The zero-order valence-corrected chi connectivity index (χ0v) is 7.70. The van der Waals surface area contributed by atoms with Crippen LogP contribution in [-0.4, -0.2) is 34.3 Å². The molecule has 0 atom stereocenters. The summed E-state index contributed by atoms with van der Waals surface area (Å²) in [6.45, 7) is 1.44. The summed E-state index contributed by atoms with van der Waals surface area (Å²) >= 11 is 0. The molecular weight excluding hydrogens is 215 g/mol. The third kappa shape index (κ3) is 50.8. The number of phosphoric acid groups is 1. The van der Waals surface area contributed by atoms with Crippen molar-refractivity contribution < 1.29 is 36.4 Å². The summed E-state index contributed by atoms with van der Waals surface area (Å²) in [6, 6.07) is 0. The molecule has 0 rings (SSSR count). The molecule has 0 heterocycles. The van der Waals surface area contributed by atoms with E-state index in [1.807, 2.05) is 0 Å². The van der Waals surface area contributed by atoms with Crippen LogP contribution in [0, 0.1) is 0 Å². The number of rotatable bonds is 2. The summed E-state index contributed by atoms with van der Waals surface area (Å²) in [5.41, 5.74) is 0. The molecule has 0 radical (unpaired) electrons. The molecule has 0 unspecified atom stereocenters. The Kier molecular flexibility index (Phi) is 6.76. The van der Waals surface area contributed by atoms with Crippen molar-refractivity contribution in [1.82, 2.24) is 0 Å². The second-order valence-electron chi connectivity index (χ2n) is 1.35. The molecule has 0 aliphatic rings. The number of hydrogen-bond acceptors (Lipinski definition) is 4. The van der Waals surface area contributed by atoms with Crippen molar-refractivity contribution in [2.24, 2.45) is 0 Å². The molecule has 0 spiro atoms. The van der Waals surface area contributed by atoms with Crippen LogP contribution in [-0.2, 0) is 19.1 Å². The van der Waals surface area contributed by atoms with Crippen LogP contribution < -0.4 is 0 Å². The van der Waals surface area contributed by atoms with Crippen molar-refractivity contribution in [1.29, 1.82) is 0 Å². The summed E-state index contributed by atoms with van der Waals surface area (Å²) in [5.74, 6) is 0. The largest absolute Gasteiger partial charge is 0.466 e. The smallest absolute Gasteiger partial charge is 0.303 e. The second-order valence-corrected chi connectivity index (χ2v) is 3.47. The highest BCUT2D eigenvalue weighted by molar-refractivity contribution is 7.80. The first-order chi connectivity index (χ1) is 5.06. The van der Waals surface area contributed by atoms with E-state index in [2.05, 4.69) is 4.18 Å². The average molecular weight is 224 g/mol. The molecule has 0 aromatic heterocycles. The summed E-state index contributed by atoms with van der Waals surface area (Å²) in [4.78, 5) is 21.6. The van der Waals surface area contributed by atoms with Gasteiger partial charge < -0.3 is 14.7 Å². The van der Waals surface area contributed by atoms with E-state index in [-0.39, 0.29) is 6.61 Å². The van der Waals surface area contributed by atoms with E-state index < -0.39 is 18.2 Å². The van der Waals surface area contributed by atoms with Crippen LogP contribution in [0.4, 0.5) is 0 Å². The molecule has 4 N–H and O–H groups in total. The lowest BCUT2D eigenvalue weighted by molar-refractivity contribution is 0.275. The van der Waals surface area contributed by atoms with Gasteiger partial charge in [-0.15, -0.1) is 0 Å². The van der Waals surface area contributed by atoms with Crippen LogP contribution in [0.5, 0.6) is 0 Å². The summed E-state index contributed by atoms with van der Waals surface area (Å²) < 4.78 is 39.5. The van der Waals surface area contributed by atoms with Gasteiger partial charge in [0.1, 0.15) is 0 Å². The molecule has 0 aliphatic carbocycles. The zero-order valence-electron chi connectivity index (χ0n) is 5.98. The highest BCUT2D eigenvalue weighted by Gasteiger charge is 2.00. The Balaban J connectivity index is 0. The molecule has 0 aromatic carbocycles. The van der Waals surface area contributed by atoms with Gasteiger partial charge in [0, 0.05) is 0 Å². The topological polar surface area (TPSA) is 141 Å². The lowest BCUT2D eigenvalue weighted by Crippen LogP contribution is -2.01. The van der Waals surface area contributed by atoms with E-state index in [1.165, 1.54) is 6.92 Å². The van der Waals surface area contributed by atoms with E-state index in [9.17, 15) is 8.42 Å². The highest BCUT2D eigenvalue weighted by atomic mass is 32.3. The Morgan fingerprint density at radius 3 is 1.58 bits per heavy atom. The van der Waals surface area contributed by atoms with Crippen molar-refractivity contribution in [3.63, 3.8) is 0 Å². The molecule has 0 saturated heterocycles. The van der Waals surface area contributed by atoms with Gasteiger partial charge in [0.15, 0.2) is 0 Å². The molecule has 0 aromatic rings. The fraction of sp³-hybridized carbons (Fsp3) is 1.00. The molecule has 0 fully saturated rings. The second kappa shape index (κ2) is 5.60. The van der Waals surface area contributed by atoms with Gasteiger partial charge in [0.2, 0.25) is 0 Å². The van der Waals surface area contributed by atoms with Crippen molar-refractivity contribution in [2.75, 3.05) is 6.61 Å². The predicted octanol–water partition coefficient (Wildman–Crippen LogP) is -1.10. The molecule has 0 bridgehead atoms. The minimum Gasteiger partial charge on any atom is -0.303 e. The Morgan fingerprint density at radius 1 is 1.33 bits per heavy atom. The SMILES string of the molecule is CCOS(=O)(=O)O.O=P(O)(O)O. The summed E-state index contributed by atoms with van der Waals surface area (Å²) in [6.07, 6.45) is 0. The predicted molar refractivity (Wildman–Crippen MR) is 37.4 cm³/mol. The Labute approximate surface area is 69.0 Å². The van der Waals surface area contributed by atoms with E-state index in [1.54, 1.807) is 0 Å². The normalized spacial score (nSPS) is 11.8. The van der Waals surface area contributed by atoms with Crippen LogP contribution in [0.2, 0.25) is 0 Å². The van der Waals surface area contributed by atoms with Crippen LogP contribution in [0.25, 0.3) is 0 Å². The molecule has 8 nitrogen and oxygen atoms in total. The lowest BCUT2D eigenvalue weighted by atomic mass is 10.9. The molecule has 0 amide bonds. The first kappa shape index (κ1) is 14.5. The standard InChI is InChI=1S/C2H6O4S.H3O4P/c1-2-6-7(3,4)5;1-5(2,3)4/h2H2,1H3,(H,3,4,5);(H3,1,2,3,4). The number of hydrogen-bond donors (Lipinski definition) is 4. The van der Waals surface area contributed by atoms with Crippen molar-refractivity contribution in [3.8, 4) is 0 Å². The maximum absolute atomic E-state index is 9.56. The van der Waals surface area contributed by atoms with Crippen molar-refractivity contribution >= 4 is 18.2 Å². The van der Waals surface area contributed by atoms with E-state index in [4.69, 9.17) is 23.8 Å². The Hall–Kier alpha value is -0.0200. The van der Waals surface area contributed by atoms with Gasteiger partial charge in [0.05, 0.1) is 6.61 Å². The van der Waals surface area contributed by atoms with Gasteiger partial charge in [-0.1, -0.05) is 0 Å².